The summed E-state index contributed by atoms with van der Waals surface area (Å²) in [5.74, 6) is 0. The second-order valence-electron chi connectivity index (χ2n) is 3.68. The molecular formula is C11H19NSi. The van der Waals surface area contributed by atoms with Crippen LogP contribution in [0.5, 0.6) is 0 Å². The zero-order valence-electron chi connectivity index (χ0n) is 8.83. The van der Waals surface area contributed by atoms with E-state index in [-0.39, 0.29) is 0 Å². The molecule has 1 nitrogen and oxygen atoms in total. The summed E-state index contributed by atoms with van der Waals surface area (Å²) in [6, 6.07) is 12.8. The second-order valence-corrected chi connectivity index (χ2v) is 4.68. The van der Waals surface area contributed by atoms with E-state index in [0.29, 0.717) is 6.04 Å². The first kappa shape index (κ1) is 10.5. The minimum absolute atomic E-state index is 0.610. The largest absolute Gasteiger partial charge is 0.302 e. The average molecular weight is 193 g/mol. The highest BCUT2D eigenvalue weighted by Gasteiger charge is 2.11. The molecule has 0 aliphatic heterocycles. The maximum atomic E-state index is 2.31. The van der Waals surface area contributed by atoms with E-state index in [0.717, 1.165) is 0 Å². The topological polar surface area (TPSA) is 3.24 Å². The van der Waals surface area contributed by atoms with Crippen LogP contribution in [0.4, 0.5) is 0 Å². The number of hydrogen-bond donors (Lipinski definition) is 0. The van der Waals surface area contributed by atoms with E-state index in [1.54, 1.807) is 0 Å². The van der Waals surface area contributed by atoms with Crippen LogP contribution in [-0.4, -0.2) is 29.2 Å². The van der Waals surface area contributed by atoms with Gasteiger partial charge in [-0.15, -0.1) is 0 Å². The molecule has 72 valence electrons. The molecule has 0 aromatic heterocycles. The predicted octanol–water partition coefficient (Wildman–Crippen LogP) is 1.46. The van der Waals surface area contributed by atoms with Gasteiger partial charge in [0.2, 0.25) is 0 Å². The summed E-state index contributed by atoms with van der Waals surface area (Å²) in [6.45, 7) is 0. The molecule has 13 heavy (non-hydrogen) atoms. The fourth-order valence-corrected chi connectivity index (χ4v) is 2.22. The van der Waals surface area contributed by atoms with Crippen molar-refractivity contribution < 1.29 is 0 Å². The van der Waals surface area contributed by atoms with Gasteiger partial charge in [-0.25, -0.2) is 0 Å². The van der Waals surface area contributed by atoms with Gasteiger partial charge in [0.15, 0.2) is 0 Å². The molecule has 0 N–H and O–H groups in total. The van der Waals surface area contributed by atoms with Crippen LogP contribution in [0, 0.1) is 0 Å². The van der Waals surface area contributed by atoms with Gasteiger partial charge in [-0.05, 0) is 26.1 Å². The smallest absolute Gasteiger partial charge is 0.0339 e. The number of rotatable bonds is 4. The van der Waals surface area contributed by atoms with E-state index >= 15 is 0 Å². The van der Waals surface area contributed by atoms with Crippen LogP contribution in [0.15, 0.2) is 30.3 Å². The minimum atomic E-state index is 0.610. The molecule has 1 rings (SSSR count). The SMILES string of the molecule is CN(C)C(CC[SiH3])c1ccccc1. The van der Waals surface area contributed by atoms with Gasteiger partial charge in [0.05, 0.1) is 0 Å². The van der Waals surface area contributed by atoms with Gasteiger partial charge in [0.1, 0.15) is 0 Å². The molecule has 0 spiro atoms. The average Bonchev–Trinajstić information content (AvgIpc) is 2.15. The lowest BCUT2D eigenvalue weighted by Gasteiger charge is -2.24. The molecule has 1 unspecified atom stereocenters. The molecule has 1 aromatic carbocycles. The third-order valence-corrected chi connectivity index (χ3v) is 2.95. The molecule has 2 heteroatoms. The van der Waals surface area contributed by atoms with Gasteiger partial charge in [-0.1, -0.05) is 36.4 Å². The third-order valence-electron chi connectivity index (χ3n) is 2.37. The summed E-state index contributed by atoms with van der Waals surface area (Å²) in [5, 5.41) is 0. The van der Waals surface area contributed by atoms with Crippen LogP contribution in [0.3, 0.4) is 0 Å². The van der Waals surface area contributed by atoms with Gasteiger partial charge < -0.3 is 4.90 Å². The van der Waals surface area contributed by atoms with Crippen molar-refractivity contribution >= 4 is 10.2 Å². The highest BCUT2D eigenvalue weighted by Crippen LogP contribution is 2.22. The van der Waals surface area contributed by atoms with Crippen molar-refractivity contribution in [1.82, 2.24) is 4.90 Å². The van der Waals surface area contributed by atoms with E-state index in [1.807, 2.05) is 0 Å². The van der Waals surface area contributed by atoms with Crippen LogP contribution < -0.4 is 0 Å². The molecule has 1 aromatic rings. The Balaban J connectivity index is 2.76. The molecule has 1 atom stereocenters. The lowest BCUT2D eigenvalue weighted by Crippen LogP contribution is -2.19. The number of benzene rings is 1. The van der Waals surface area contributed by atoms with E-state index in [4.69, 9.17) is 0 Å². The molecule has 0 saturated heterocycles. The third kappa shape index (κ3) is 2.97. The summed E-state index contributed by atoms with van der Waals surface area (Å²) >= 11 is 0. The highest BCUT2D eigenvalue weighted by molar-refractivity contribution is 6.08. The van der Waals surface area contributed by atoms with Crippen molar-refractivity contribution in [2.24, 2.45) is 0 Å². The predicted molar refractivity (Wildman–Crippen MR) is 62.2 cm³/mol. The molecule has 0 amide bonds. The fourth-order valence-electron chi connectivity index (χ4n) is 1.67. The Labute approximate surface area is 84.2 Å². The van der Waals surface area contributed by atoms with E-state index in [9.17, 15) is 0 Å². The molecule has 0 saturated carbocycles. The Bertz CT molecular complexity index is 233. The summed E-state index contributed by atoms with van der Waals surface area (Å²) < 4.78 is 0. The van der Waals surface area contributed by atoms with Crippen LogP contribution in [-0.2, 0) is 0 Å². The Morgan fingerprint density at radius 3 is 2.31 bits per heavy atom. The van der Waals surface area contributed by atoms with Crippen molar-refractivity contribution in [3.63, 3.8) is 0 Å². The molecule has 0 aliphatic rings. The van der Waals surface area contributed by atoms with Gasteiger partial charge in [0, 0.05) is 16.3 Å². The van der Waals surface area contributed by atoms with Crippen LogP contribution >= 0.6 is 0 Å². The molecule has 0 fully saturated rings. The standard InChI is InChI=1S/C11H19NSi/c1-12(2)11(8-9-13)10-6-4-3-5-7-10/h3-7,11H,8-9H2,1-2,13H3. The quantitative estimate of drug-likeness (QED) is 0.655. The van der Waals surface area contributed by atoms with Crippen molar-refractivity contribution in [1.29, 1.82) is 0 Å². The second kappa shape index (κ2) is 5.20. The first-order chi connectivity index (χ1) is 6.25. The van der Waals surface area contributed by atoms with E-state index < -0.39 is 0 Å². The van der Waals surface area contributed by atoms with Gasteiger partial charge in [-0.2, -0.15) is 0 Å². The molecule has 0 aliphatic carbocycles. The fraction of sp³-hybridized carbons (Fsp3) is 0.455. The molecule has 0 bridgehead atoms. The summed E-state index contributed by atoms with van der Waals surface area (Å²) in [5.41, 5.74) is 1.45. The monoisotopic (exact) mass is 193 g/mol. The normalized spacial score (nSPS) is 13.5. The number of nitrogens with zero attached hydrogens (tertiary/aromatic N) is 1. The Hall–Kier alpha value is -0.603. The zero-order valence-corrected chi connectivity index (χ0v) is 10.8. The molecule has 0 radical (unpaired) electrons. The first-order valence-electron chi connectivity index (χ1n) is 4.97. The Morgan fingerprint density at radius 1 is 1.23 bits per heavy atom. The summed E-state index contributed by atoms with van der Waals surface area (Å²) in [4.78, 5) is 2.31. The van der Waals surface area contributed by atoms with Crippen molar-refractivity contribution in [2.45, 2.75) is 18.5 Å². The first-order valence-corrected chi connectivity index (χ1v) is 6.38. The Kier molecular flexibility index (Phi) is 4.19. The minimum Gasteiger partial charge on any atom is -0.302 e. The van der Waals surface area contributed by atoms with Crippen molar-refractivity contribution in [3.05, 3.63) is 35.9 Å². The van der Waals surface area contributed by atoms with E-state index in [2.05, 4.69) is 49.3 Å². The lowest BCUT2D eigenvalue weighted by molar-refractivity contribution is 0.292. The zero-order chi connectivity index (χ0) is 9.68. The van der Waals surface area contributed by atoms with E-state index in [1.165, 1.54) is 28.3 Å². The van der Waals surface area contributed by atoms with Gasteiger partial charge >= 0.3 is 0 Å². The highest BCUT2D eigenvalue weighted by atomic mass is 28.1. The van der Waals surface area contributed by atoms with Gasteiger partial charge in [-0.3, -0.25) is 0 Å². The van der Waals surface area contributed by atoms with Gasteiger partial charge in [0.25, 0.3) is 0 Å². The maximum absolute atomic E-state index is 2.31. The molecular weight excluding hydrogens is 174 g/mol. The van der Waals surface area contributed by atoms with Crippen LogP contribution in [0.25, 0.3) is 0 Å². The maximum Gasteiger partial charge on any atom is 0.0339 e. The van der Waals surface area contributed by atoms with Crippen molar-refractivity contribution in [2.75, 3.05) is 14.1 Å². The molecule has 0 heterocycles. The number of hydrogen-bond acceptors (Lipinski definition) is 1. The summed E-state index contributed by atoms with van der Waals surface area (Å²) in [7, 11) is 5.63. The van der Waals surface area contributed by atoms with Crippen LogP contribution in [0.2, 0.25) is 6.04 Å². The van der Waals surface area contributed by atoms with Crippen LogP contribution in [0.1, 0.15) is 18.0 Å². The van der Waals surface area contributed by atoms with Crippen molar-refractivity contribution in [3.8, 4) is 0 Å². The lowest BCUT2D eigenvalue weighted by atomic mass is 10.0. The Morgan fingerprint density at radius 2 is 1.85 bits per heavy atom. The summed E-state index contributed by atoms with van der Waals surface area (Å²) in [6.07, 6.45) is 1.29.